The van der Waals surface area contributed by atoms with Gasteiger partial charge in [-0.05, 0) is 48.6 Å². The van der Waals surface area contributed by atoms with Crippen molar-refractivity contribution in [3.8, 4) is 11.4 Å². The highest BCUT2D eigenvalue weighted by Crippen LogP contribution is 2.31. The number of imidazole rings is 1. The van der Waals surface area contributed by atoms with Gasteiger partial charge in [0.05, 0.1) is 11.0 Å². The fraction of sp³-hybridized carbons (Fsp3) is 0.250. The summed E-state index contributed by atoms with van der Waals surface area (Å²) in [5.41, 5.74) is 2.53. The first-order valence-corrected chi connectivity index (χ1v) is 9.96. The largest absolute Gasteiger partial charge is 0.334 e. The predicted molar refractivity (Wildman–Crippen MR) is 107 cm³/mol. The Kier molecular flexibility index (Phi) is 4.01. The number of hydrogen-bond donors (Lipinski definition) is 1. The quantitative estimate of drug-likeness (QED) is 0.557. The summed E-state index contributed by atoms with van der Waals surface area (Å²) in [6.07, 6.45) is 8.27. The van der Waals surface area contributed by atoms with Crippen molar-refractivity contribution < 1.29 is 4.52 Å². The average Bonchev–Trinajstić information content (AvgIpc) is 3.44. The molecule has 0 bridgehead atoms. The minimum atomic E-state index is -0.0401. The third kappa shape index (κ3) is 3.04. The lowest BCUT2D eigenvalue weighted by atomic mass is 10.1. The fourth-order valence-corrected chi connectivity index (χ4v) is 4.37. The molecule has 1 fully saturated rings. The lowest BCUT2D eigenvalue weighted by Gasteiger charge is -2.11. The second-order valence-corrected chi connectivity index (χ2v) is 7.75. The van der Waals surface area contributed by atoms with Gasteiger partial charge in [-0.1, -0.05) is 24.1 Å². The molecule has 5 rings (SSSR count). The zero-order valence-corrected chi connectivity index (χ0v) is 15.4. The number of aromatic amines is 1. The number of H-pyrrole nitrogens is 1. The maximum Gasteiger partial charge on any atom is 0.326 e. The first-order chi connectivity index (χ1) is 13.3. The first kappa shape index (κ1) is 16.3. The van der Waals surface area contributed by atoms with Crippen molar-refractivity contribution >= 4 is 34.5 Å². The van der Waals surface area contributed by atoms with Crippen LogP contribution < -0.4 is 5.69 Å². The summed E-state index contributed by atoms with van der Waals surface area (Å²) in [7, 11) is 0. The average molecular weight is 378 g/mol. The molecule has 0 amide bonds. The summed E-state index contributed by atoms with van der Waals surface area (Å²) >= 11 is 1.65. The van der Waals surface area contributed by atoms with Crippen molar-refractivity contribution in [3.05, 3.63) is 57.0 Å². The molecule has 1 N–H and O–H groups in total. The maximum absolute atomic E-state index is 12.4. The molecule has 0 spiro atoms. The number of nitrogens with one attached hydrogen (secondary N) is 1. The van der Waals surface area contributed by atoms with Gasteiger partial charge in [-0.2, -0.15) is 4.98 Å². The molecule has 0 radical (unpaired) electrons. The van der Waals surface area contributed by atoms with E-state index in [9.17, 15) is 4.79 Å². The van der Waals surface area contributed by atoms with Gasteiger partial charge in [0, 0.05) is 22.6 Å². The van der Waals surface area contributed by atoms with Crippen LogP contribution in [0.15, 0.2) is 45.0 Å². The van der Waals surface area contributed by atoms with E-state index in [0.29, 0.717) is 17.8 Å². The number of hydrogen-bond acceptors (Lipinski definition) is 5. The van der Waals surface area contributed by atoms with Gasteiger partial charge >= 0.3 is 5.69 Å². The molecule has 0 aliphatic heterocycles. The molecule has 3 aromatic heterocycles. The summed E-state index contributed by atoms with van der Waals surface area (Å²) in [6, 6.07) is 10.2. The highest BCUT2D eigenvalue weighted by Gasteiger charge is 2.21. The first-order valence-electron chi connectivity index (χ1n) is 9.08. The van der Waals surface area contributed by atoms with E-state index in [0.717, 1.165) is 34.3 Å². The monoisotopic (exact) mass is 378 g/mol. The van der Waals surface area contributed by atoms with Crippen molar-refractivity contribution in [2.75, 3.05) is 0 Å². The van der Waals surface area contributed by atoms with Crippen LogP contribution in [-0.2, 0) is 0 Å². The van der Waals surface area contributed by atoms with E-state index in [2.05, 4.69) is 15.1 Å². The molecular formula is C20H18N4O2S. The van der Waals surface area contributed by atoms with E-state index in [-0.39, 0.29) is 5.69 Å². The number of fused-ring (bicyclic) bond motifs is 1. The number of nitrogens with zero attached hydrogens (tertiary/aromatic N) is 3. The van der Waals surface area contributed by atoms with Gasteiger partial charge in [-0.3, -0.25) is 4.57 Å². The molecule has 27 heavy (non-hydrogen) atoms. The Hall–Kier alpha value is -2.93. The van der Waals surface area contributed by atoms with Gasteiger partial charge in [-0.25, -0.2) is 4.79 Å². The molecule has 1 aliphatic carbocycles. The van der Waals surface area contributed by atoms with Gasteiger partial charge in [0.1, 0.15) is 0 Å². The lowest BCUT2D eigenvalue weighted by molar-refractivity contribution is 0.411. The number of rotatable bonds is 4. The maximum atomic E-state index is 12.4. The molecule has 1 saturated carbocycles. The second kappa shape index (κ2) is 6.66. The minimum Gasteiger partial charge on any atom is -0.334 e. The van der Waals surface area contributed by atoms with Crippen LogP contribution in [0.5, 0.6) is 0 Å². The van der Waals surface area contributed by atoms with Gasteiger partial charge in [0.2, 0.25) is 5.82 Å². The Morgan fingerprint density at radius 3 is 2.93 bits per heavy atom. The van der Waals surface area contributed by atoms with Gasteiger partial charge < -0.3 is 9.51 Å². The third-order valence-electron chi connectivity index (χ3n) is 5.04. The number of aromatic nitrogens is 4. The van der Waals surface area contributed by atoms with Crippen LogP contribution in [0.2, 0.25) is 0 Å². The van der Waals surface area contributed by atoms with Crippen LogP contribution >= 0.6 is 11.3 Å². The predicted octanol–water partition coefficient (Wildman–Crippen LogP) is 4.73. The Labute approximate surface area is 159 Å². The second-order valence-electron chi connectivity index (χ2n) is 6.78. The van der Waals surface area contributed by atoms with Gasteiger partial charge in [0.25, 0.3) is 5.89 Å². The van der Waals surface area contributed by atoms with Crippen LogP contribution in [0.1, 0.15) is 42.5 Å². The third-order valence-corrected chi connectivity index (χ3v) is 5.88. The Balaban J connectivity index is 1.46. The van der Waals surface area contributed by atoms with E-state index < -0.39 is 0 Å². The van der Waals surface area contributed by atoms with E-state index in [1.165, 1.54) is 12.8 Å². The van der Waals surface area contributed by atoms with Gasteiger partial charge in [0.15, 0.2) is 0 Å². The van der Waals surface area contributed by atoms with E-state index in [1.54, 1.807) is 17.4 Å². The smallest absolute Gasteiger partial charge is 0.326 e. The molecule has 0 atom stereocenters. The SMILES string of the molecule is O=c1[nH]c2cc(-c3noc(C=Cc4cccs4)n3)ccc2n1C1CCCC1. The normalized spacial score (nSPS) is 15.4. The zero-order valence-electron chi connectivity index (χ0n) is 14.6. The zero-order chi connectivity index (χ0) is 18.2. The lowest BCUT2D eigenvalue weighted by Crippen LogP contribution is -2.20. The minimum absolute atomic E-state index is 0.0401. The van der Waals surface area contributed by atoms with Crippen molar-refractivity contribution in [2.45, 2.75) is 31.7 Å². The summed E-state index contributed by atoms with van der Waals surface area (Å²) in [4.78, 5) is 21.0. The van der Waals surface area contributed by atoms with Crippen LogP contribution in [0.25, 0.3) is 34.6 Å². The molecule has 136 valence electrons. The molecule has 6 nitrogen and oxygen atoms in total. The highest BCUT2D eigenvalue weighted by molar-refractivity contribution is 7.10. The van der Waals surface area contributed by atoms with Gasteiger partial charge in [-0.15, -0.1) is 11.3 Å². The van der Waals surface area contributed by atoms with E-state index >= 15 is 0 Å². The summed E-state index contributed by atoms with van der Waals surface area (Å²) < 4.78 is 7.22. The van der Waals surface area contributed by atoms with Crippen molar-refractivity contribution in [1.29, 1.82) is 0 Å². The Bertz CT molecular complexity index is 1160. The molecule has 1 aliphatic rings. The molecule has 0 saturated heterocycles. The van der Waals surface area contributed by atoms with Crippen LogP contribution in [0.3, 0.4) is 0 Å². The van der Waals surface area contributed by atoms with E-state index in [1.807, 2.05) is 46.4 Å². The topological polar surface area (TPSA) is 76.7 Å². The summed E-state index contributed by atoms with van der Waals surface area (Å²) in [5, 5.41) is 6.09. The van der Waals surface area contributed by atoms with E-state index in [4.69, 9.17) is 4.52 Å². The molecule has 3 heterocycles. The number of thiophene rings is 1. The van der Waals surface area contributed by atoms with Crippen LogP contribution in [-0.4, -0.2) is 19.7 Å². The molecular weight excluding hydrogens is 360 g/mol. The summed E-state index contributed by atoms with van der Waals surface area (Å²) in [5.74, 6) is 0.965. The molecule has 4 aromatic rings. The molecule has 1 aromatic carbocycles. The standard InChI is InChI=1S/C20H18N4O2S/c25-20-21-16-12-13(7-9-17(16)24(20)14-4-1-2-5-14)19-22-18(26-23-19)10-8-15-6-3-11-27-15/h3,6-12,14H,1-2,4-5H2,(H,21,25). The highest BCUT2D eigenvalue weighted by atomic mass is 32.1. The van der Waals surface area contributed by atoms with Crippen LogP contribution in [0, 0.1) is 0 Å². The number of benzene rings is 1. The Morgan fingerprint density at radius 1 is 1.22 bits per heavy atom. The molecule has 0 unspecified atom stereocenters. The summed E-state index contributed by atoms with van der Waals surface area (Å²) in [6.45, 7) is 0. The van der Waals surface area contributed by atoms with Crippen molar-refractivity contribution in [3.63, 3.8) is 0 Å². The fourth-order valence-electron chi connectivity index (χ4n) is 3.75. The van der Waals surface area contributed by atoms with Crippen molar-refractivity contribution in [1.82, 2.24) is 19.7 Å². The van der Waals surface area contributed by atoms with Crippen molar-refractivity contribution in [2.24, 2.45) is 0 Å². The molecule has 7 heteroatoms. The Morgan fingerprint density at radius 2 is 2.11 bits per heavy atom. The van der Waals surface area contributed by atoms with Crippen LogP contribution in [0.4, 0.5) is 0 Å².